The fraction of sp³-hybridized carbons (Fsp3) is 0.781. The van der Waals surface area contributed by atoms with Crippen LogP contribution in [0.4, 0.5) is 10.5 Å². The van der Waals surface area contributed by atoms with Gasteiger partial charge >= 0.3 is 6.09 Å². The van der Waals surface area contributed by atoms with E-state index in [1.165, 1.54) is 64.2 Å². The van der Waals surface area contributed by atoms with Gasteiger partial charge in [0.25, 0.3) is 0 Å². The van der Waals surface area contributed by atoms with Crippen molar-refractivity contribution >= 4 is 11.8 Å². The summed E-state index contributed by atoms with van der Waals surface area (Å²) in [7, 11) is 0. The van der Waals surface area contributed by atoms with E-state index in [2.05, 4.69) is 17.1 Å². The van der Waals surface area contributed by atoms with E-state index in [9.17, 15) is 4.79 Å². The quantitative estimate of drug-likeness (QED) is 0.208. The van der Waals surface area contributed by atoms with Crippen LogP contribution in [0.25, 0.3) is 0 Å². The number of carbonyl (C=O) groups excluding carboxylic acids is 1. The van der Waals surface area contributed by atoms with Crippen molar-refractivity contribution in [3.8, 4) is 0 Å². The second kappa shape index (κ2) is 15.5. The van der Waals surface area contributed by atoms with Gasteiger partial charge in [-0.15, -0.1) is 0 Å². The highest BCUT2D eigenvalue weighted by molar-refractivity contribution is 5.84. The van der Waals surface area contributed by atoms with Crippen LogP contribution in [0, 0.1) is 0 Å². The molecule has 0 unspecified atom stereocenters. The molecule has 8 heteroatoms. The van der Waals surface area contributed by atoms with Gasteiger partial charge in [-0.1, -0.05) is 82.9 Å². The van der Waals surface area contributed by atoms with Crippen molar-refractivity contribution in [2.75, 3.05) is 38.2 Å². The van der Waals surface area contributed by atoms with E-state index in [1.807, 2.05) is 44.2 Å². The fourth-order valence-corrected chi connectivity index (χ4v) is 6.16. The van der Waals surface area contributed by atoms with Crippen LogP contribution in [-0.4, -0.2) is 73.7 Å². The molecule has 0 spiro atoms. The number of fused-ring (bicyclic) bond motifs is 1. The van der Waals surface area contributed by atoms with Gasteiger partial charge in [0.1, 0.15) is 12.7 Å². The van der Waals surface area contributed by atoms with Crippen LogP contribution in [0.5, 0.6) is 0 Å². The molecule has 3 aliphatic rings. The minimum atomic E-state index is -1.11. The number of benzene rings is 1. The number of rotatable bonds is 17. The monoisotopic (exact) mass is 560 g/mol. The number of nitrogens with one attached hydrogen (secondary N) is 1. The Morgan fingerprint density at radius 2 is 1.60 bits per heavy atom. The van der Waals surface area contributed by atoms with Crippen molar-refractivity contribution in [1.82, 2.24) is 4.90 Å². The number of carbonyl (C=O) groups is 1. The lowest BCUT2D eigenvalue weighted by Gasteiger charge is -2.30. The third kappa shape index (κ3) is 9.15. The minimum Gasteiger partial charge on any atom is -0.440 e. The predicted octanol–water partition coefficient (Wildman–Crippen LogP) is 6.88. The van der Waals surface area contributed by atoms with E-state index in [0.717, 1.165) is 25.9 Å². The molecule has 0 aromatic heterocycles. The van der Waals surface area contributed by atoms with Crippen LogP contribution in [0.1, 0.15) is 97.8 Å². The van der Waals surface area contributed by atoms with E-state index >= 15 is 0 Å². The topological polar surface area (TPSA) is 78.5 Å². The van der Waals surface area contributed by atoms with Crippen molar-refractivity contribution in [2.24, 2.45) is 0 Å². The Morgan fingerprint density at radius 3 is 2.27 bits per heavy atom. The highest BCUT2D eigenvalue weighted by Gasteiger charge is 2.66. The van der Waals surface area contributed by atoms with E-state index in [4.69, 9.17) is 23.7 Å². The van der Waals surface area contributed by atoms with Crippen LogP contribution in [-0.2, 0) is 23.7 Å². The second-order valence-corrected chi connectivity index (χ2v) is 12.1. The summed E-state index contributed by atoms with van der Waals surface area (Å²) < 4.78 is 31.5. The van der Waals surface area contributed by atoms with Crippen molar-refractivity contribution in [3.05, 3.63) is 30.3 Å². The number of nitrogens with zero attached hydrogens (tertiary/aromatic N) is 1. The Kier molecular flexibility index (Phi) is 12.1. The van der Waals surface area contributed by atoms with E-state index < -0.39 is 29.9 Å². The molecule has 3 fully saturated rings. The molecule has 3 saturated heterocycles. The Hall–Kier alpha value is -1.71. The van der Waals surface area contributed by atoms with Crippen LogP contribution >= 0.6 is 0 Å². The van der Waals surface area contributed by atoms with Crippen LogP contribution in [0.15, 0.2) is 30.3 Å². The SMILES string of the molecule is CCCCCCCCCCCCOC[C@@]12O[C@@H](CN3CCCC3)[C@@H](OC(=O)Nc3ccccc3)[C@@H]1OC(C)(C)O2. The highest BCUT2D eigenvalue weighted by Crippen LogP contribution is 2.47. The Bertz CT molecular complexity index is 877. The number of hydrogen-bond acceptors (Lipinski definition) is 7. The summed E-state index contributed by atoms with van der Waals surface area (Å²) in [6, 6.07) is 9.31. The molecule has 8 nitrogen and oxygen atoms in total. The van der Waals surface area contributed by atoms with Crippen LogP contribution < -0.4 is 5.32 Å². The molecule has 40 heavy (non-hydrogen) atoms. The zero-order chi connectivity index (χ0) is 28.3. The molecule has 0 saturated carbocycles. The largest absolute Gasteiger partial charge is 0.440 e. The number of anilines is 1. The zero-order valence-corrected chi connectivity index (χ0v) is 25.0. The molecule has 3 aliphatic heterocycles. The highest BCUT2D eigenvalue weighted by atomic mass is 16.9. The smallest absolute Gasteiger partial charge is 0.412 e. The van der Waals surface area contributed by atoms with Gasteiger partial charge in [0.2, 0.25) is 5.79 Å². The molecule has 4 rings (SSSR count). The third-order valence-corrected chi connectivity index (χ3v) is 8.12. The van der Waals surface area contributed by atoms with Crippen molar-refractivity contribution in [3.63, 3.8) is 0 Å². The van der Waals surface area contributed by atoms with Gasteiger partial charge in [-0.3, -0.25) is 5.32 Å². The maximum Gasteiger partial charge on any atom is 0.412 e. The minimum absolute atomic E-state index is 0.245. The lowest BCUT2D eigenvalue weighted by atomic mass is 10.0. The van der Waals surface area contributed by atoms with Gasteiger partial charge in [-0.05, 0) is 58.3 Å². The summed E-state index contributed by atoms with van der Waals surface area (Å²) in [5.74, 6) is -1.98. The number of ether oxygens (including phenoxy) is 5. The third-order valence-electron chi connectivity index (χ3n) is 8.12. The van der Waals surface area contributed by atoms with Crippen molar-refractivity contribution < 1.29 is 28.5 Å². The first-order chi connectivity index (χ1) is 19.4. The first-order valence-electron chi connectivity index (χ1n) is 15.8. The van der Waals surface area contributed by atoms with Crippen LogP contribution in [0.3, 0.4) is 0 Å². The van der Waals surface area contributed by atoms with E-state index in [-0.39, 0.29) is 12.7 Å². The van der Waals surface area contributed by atoms with Gasteiger partial charge in [0.15, 0.2) is 18.0 Å². The first-order valence-corrected chi connectivity index (χ1v) is 15.8. The summed E-state index contributed by atoms with van der Waals surface area (Å²) in [5, 5.41) is 2.83. The van der Waals surface area contributed by atoms with Gasteiger partial charge < -0.3 is 28.6 Å². The summed E-state index contributed by atoms with van der Waals surface area (Å²) >= 11 is 0. The van der Waals surface area contributed by atoms with Crippen molar-refractivity contribution in [1.29, 1.82) is 0 Å². The average Bonchev–Trinajstić information content (AvgIpc) is 3.59. The van der Waals surface area contributed by atoms with Gasteiger partial charge in [-0.25, -0.2) is 4.79 Å². The molecule has 1 N–H and O–H groups in total. The van der Waals surface area contributed by atoms with Crippen LogP contribution in [0.2, 0.25) is 0 Å². The average molecular weight is 561 g/mol. The number of likely N-dealkylation sites (tertiary alicyclic amines) is 1. The maximum atomic E-state index is 12.9. The molecular formula is C32H52N2O6. The maximum absolute atomic E-state index is 12.9. The zero-order valence-electron chi connectivity index (χ0n) is 25.0. The molecule has 1 amide bonds. The van der Waals surface area contributed by atoms with E-state index in [0.29, 0.717) is 18.8 Å². The number of para-hydroxylation sites is 1. The van der Waals surface area contributed by atoms with Gasteiger partial charge in [0, 0.05) is 18.8 Å². The molecule has 1 aromatic rings. The number of amides is 1. The lowest BCUT2D eigenvalue weighted by Crippen LogP contribution is -2.46. The summed E-state index contributed by atoms with van der Waals surface area (Å²) in [6.07, 6.45) is 13.1. The standard InChI is InChI=1S/C32H52N2O6/c1-4-5-6-7-8-9-10-11-12-18-23-36-25-32-29(39-31(2,3)40-32)28(27(38-32)24-34-21-16-17-22-34)37-30(35)33-26-19-14-13-15-20-26/h13-15,19-20,27-29H,4-12,16-18,21-25H2,1-3H3,(H,33,35)/t27-,28+,29-,32-/m0/s1. The normalized spacial score (nSPS) is 27.6. The Morgan fingerprint density at radius 1 is 0.950 bits per heavy atom. The molecule has 0 radical (unpaired) electrons. The molecule has 226 valence electrons. The van der Waals surface area contributed by atoms with Crippen molar-refractivity contribution in [2.45, 2.75) is 128 Å². The fourth-order valence-electron chi connectivity index (χ4n) is 6.16. The second-order valence-electron chi connectivity index (χ2n) is 12.1. The van der Waals surface area contributed by atoms with Gasteiger partial charge in [0.05, 0.1) is 0 Å². The van der Waals surface area contributed by atoms with E-state index in [1.54, 1.807) is 0 Å². The summed E-state index contributed by atoms with van der Waals surface area (Å²) in [4.78, 5) is 15.3. The predicted molar refractivity (Wildman–Crippen MR) is 156 cm³/mol. The molecular weight excluding hydrogens is 508 g/mol. The Labute approximate surface area is 241 Å². The molecule has 1 aromatic carbocycles. The molecule has 4 atom stereocenters. The first kappa shape index (κ1) is 31.2. The Balaban J connectivity index is 1.29. The molecule has 0 bridgehead atoms. The number of hydrogen-bond donors (Lipinski definition) is 1. The number of unbranched alkanes of at least 4 members (excludes halogenated alkanes) is 9. The molecule has 0 aliphatic carbocycles. The molecule has 3 heterocycles. The summed E-state index contributed by atoms with van der Waals surface area (Å²) in [5.41, 5.74) is 0.678. The van der Waals surface area contributed by atoms with Gasteiger partial charge in [-0.2, -0.15) is 0 Å². The summed E-state index contributed by atoms with van der Waals surface area (Å²) in [6.45, 7) is 9.59. The lowest BCUT2D eigenvalue weighted by molar-refractivity contribution is -0.278.